The van der Waals surface area contributed by atoms with Gasteiger partial charge in [0.05, 0.1) is 29.1 Å². The van der Waals surface area contributed by atoms with Crippen molar-refractivity contribution in [1.29, 1.82) is 0 Å². The van der Waals surface area contributed by atoms with E-state index < -0.39 is 10.0 Å². The molecule has 1 amide bonds. The average molecular weight is 395 g/mol. The molecule has 1 aliphatic heterocycles. The first-order valence-electron chi connectivity index (χ1n) is 8.17. The van der Waals surface area contributed by atoms with Crippen LogP contribution in [0.3, 0.4) is 0 Å². The Labute approximate surface area is 157 Å². The molecule has 0 atom stereocenters. The quantitative estimate of drug-likeness (QED) is 0.860. The predicted molar refractivity (Wildman–Crippen MR) is 103 cm³/mol. The standard InChI is InChI=1S/C18H19ClN2O4S/c1-25-17-7-3-2-6-14(17)18(22)20-13-8-9-16(15(19)12-13)21-10-4-5-11-26(21,23)24/h2-3,6-9,12H,4-5,10-11H2,1H3,(H,20,22). The van der Waals surface area contributed by atoms with Crippen molar-refractivity contribution in [3.05, 3.63) is 53.1 Å². The number of nitrogens with one attached hydrogen (secondary N) is 1. The van der Waals surface area contributed by atoms with Crippen molar-refractivity contribution in [3.8, 4) is 5.75 Å². The smallest absolute Gasteiger partial charge is 0.259 e. The number of anilines is 2. The highest BCUT2D eigenvalue weighted by Crippen LogP contribution is 2.33. The van der Waals surface area contributed by atoms with Gasteiger partial charge in [0.1, 0.15) is 5.75 Å². The van der Waals surface area contributed by atoms with E-state index in [2.05, 4.69) is 5.32 Å². The number of methoxy groups -OCH3 is 1. The number of nitrogens with zero attached hydrogens (tertiary/aromatic N) is 1. The Bertz CT molecular complexity index is 931. The maximum Gasteiger partial charge on any atom is 0.259 e. The van der Waals surface area contributed by atoms with Crippen LogP contribution in [-0.2, 0) is 10.0 Å². The first-order chi connectivity index (χ1) is 12.4. The highest BCUT2D eigenvalue weighted by atomic mass is 35.5. The Morgan fingerprint density at radius 3 is 2.65 bits per heavy atom. The molecule has 1 saturated heterocycles. The van der Waals surface area contributed by atoms with E-state index >= 15 is 0 Å². The Hall–Kier alpha value is -2.25. The summed E-state index contributed by atoms with van der Waals surface area (Å²) in [5, 5.41) is 3.02. The summed E-state index contributed by atoms with van der Waals surface area (Å²) in [7, 11) is -1.85. The molecule has 1 heterocycles. The van der Waals surface area contributed by atoms with E-state index in [0.29, 0.717) is 35.7 Å². The number of carbonyl (C=O) groups is 1. The lowest BCUT2D eigenvalue weighted by molar-refractivity contribution is 0.102. The fourth-order valence-corrected chi connectivity index (χ4v) is 4.87. The fourth-order valence-electron chi connectivity index (χ4n) is 2.88. The van der Waals surface area contributed by atoms with Crippen LogP contribution in [-0.4, -0.2) is 33.7 Å². The van der Waals surface area contributed by atoms with Crippen LogP contribution in [0.1, 0.15) is 23.2 Å². The summed E-state index contributed by atoms with van der Waals surface area (Å²) < 4.78 is 31.0. The van der Waals surface area contributed by atoms with E-state index in [0.717, 1.165) is 6.42 Å². The van der Waals surface area contributed by atoms with Gasteiger partial charge in [-0.05, 0) is 43.2 Å². The molecule has 0 aromatic heterocycles. The van der Waals surface area contributed by atoms with Gasteiger partial charge in [-0.2, -0.15) is 0 Å². The molecule has 3 rings (SSSR count). The summed E-state index contributed by atoms with van der Waals surface area (Å²) in [5.41, 5.74) is 1.31. The van der Waals surface area contributed by atoms with Gasteiger partial charge in [0.25, 0.3) is 5.91 Å². The third kappa shape index (κ3) is 3.78. The monoisotopic (exact) mass is 394 g/mol. The number of amides is 1. The summed E-state index contributed by atoms with van der Waals surface area (Å²) in [6.45, 7) is 0.412. The number of rotatable bonds is 4. The molecule has 6 nitrogen and oxygen atoms in total. The first kappa shape index (κ1) is 18.5. The highest BCUT2D eigenvalue weighted by Gasteiger charge is 2.27. The molecule has 0 spiro atoms. The van der Waals surface area contributed by atoms with Crippen molar-refractivity contribution in [2.75, 3.05) is 29.0 Å². The highest BCUT2D eigenvalue weighted by molar-refractivity contribution is 7.92. The number of ether oxygens (including phenoxy) is 1. The van der Waals surface area contributed by atoms with Gasteiger partial charge in [-0.15, -0.1) is 0 Å². The number of hydrogen-bond donors (Lipinski definition) is 1. The normalized spacial score (nSPS) is 16.2. The lowest BCUT2D eigenvalue weighted by atomic mass is 10.2. The van der Waals surface area contributed by atoms with Gasteiger partial charge in [-0.3, -0.25) is 9.10 Å². The molecule has 0 bridgehead atoms. The van der Waals surface area contributed by atoms with Crippen LogP contribution in [0.5, 0.6) is 5.75 Å². The van der Waals surface area contributed by atoms with E-state index in [-0.39, 0.29) is 16.7 Å². The summed E-state index contributed by atoms with van der Waals surface area (Å²) >= 11 is 6.30. The second-order valence-electron chi connectivity index (χ2n) is 5.92. The molecule has 1 fully saturated rings. The fraction of sp³-hybridized carbons (Fsp3) is 0.278. The van der Waals surface area contributed by atoms with Gasteiger partial charge in [0, 0.05) is 12.2 Å². The molecule has 8 heteroatoms. The van der Waals surface area contributed by atoms with Crippen LogP contribution in [0, 0.1) is 0 Å². The maximum atomic E-state index is 12.5. The Morgan fingerprint density at radius 2 is 1.96 bits per heavy atom. The first-order valence-corrected chi connectivity index (χ1v) is 10.2. The molecular weight excluding hydrogens is 376 g/mol. The van der Waals surface area contributed by atoms with E-state index in [4.69, 9.17) is 16.3 Å². The zero-order valence-electron chi connectivity index (χ0n) is 14.2. The van der Waals surface area contributed by atoms with Crippen LogP contribution >= 0.6 is 11.6 Å². The van der Waals surface area contributed by atoms with Crippen molar-refractivity contribution < 1.29 is 17.9 Å². The maximum absolute atomic E-state index is 12.5. The molecule has 2 aromatic carbocycles. The van der Waals surface area contributed by atoms with E-state index in [1.807, 2.05) is 0 Å². The van der Waals surface area contributed by atoms with Crippen LogP contribution in [0.4, 0.5) is 11.4 Å². The lowest BCUT2D eigenvalue weighted by Crippen LogP contribution is -2.38. The summed E-state index contributed by atoms with van der Waals surface area (Å²) in [5.74, 6) is 0.249. The molecular formula is C18H19ClN2O4S. The van der Waals surface area contributed by atoms with Crippen molar-refractivity contribution in [3.63, 3.8) is 0 Å². The average Bonchev–Trinajstić information content (AvgIpc) is 2.62. The summed E-state index contributed by atoms with van der Waals surface area (Å²) in [4.78, 5) is 12.5. The van der Waals surface area contributed by atoms with E-state index in [1.165, 1.54) is 11.4 Å². The Morgan fingerprint density at radius 1 is 1.19 bits per heavy atom. The molecule has 2 aromatic rings. The molecule has 1 aliphatic rings. The molecule has 0 unspecified atom stereocenters. The molecule has 26 heavy (non-hydrogen) atoms. The zero-order chi connectivity index (χ0) is 18.7. The van der Waals surface area contributed by atoms with Crippen molar-refractivity contribution >= 4 is 38.9 Å². The van der Waals surface area contributed by atoms with Gasteiger partial charge in [-0.1, -0.05) is 23.7 Å². The molecule has 0 saturated carbocycles. The van der Waals surface area contributed by atoms with Crippen LogP contribution < -0.4 is 14.4 Å². The van der Waals surface area contributed by atoms with Crippen LogP contribution in [0.2, 0.25) is 5.02 Å². The topological polar surface area (TPSA) is 75.7 Å². The van der Waals surface area contributed by atoms with Crippen molar-refractivity contribution in [2.45, 2.75) is 12.8 Å². The van der Waals surface area contributed by atoms with Crippen LogP contribution in [0.15, 0.2) is 42.5 Å². The minimum absolute atomic E-state index is 0.121. The van der Waals surface area contributed by atoms with Gasteiger partial charge < -0.3 is 10.1 Å². The second kappa shape index (κ2) is 7.55. The summed E-state index contributed by atoms with van der Waals surface area (Å²) in [6.07, 6.45) is 1.45. The number of halogens is 1. The molecule has 0 aliphatic carbocycles. The number of para-hydroxylation sites is 1. The number of benzene rings is 2. The Kier molecular flexibility index (Phi) is 5.38. The minimum Gasteiger partial charge on any atom is -0.496 e. The van der Waals surface area contributed by atoms with Crippen molar-refractivity contribution in [2.24, 2.45) is 0 Å². The predicted octanol–water partition coefficient (Wildman–Crippen LogP) is 3.53. The zero-order valence-corrected chi connectivity index (χ0v) is 15.8. The molecule has 1 N–H and O–H groups in total. The van der Waals surface area contributed by atoms with E-state index in [9.17, 15) is 13.2 Å². The molecule has 138 valence electrons. The third-order valence-corrected chi connectivity index (χ3v) is 6.33. The van der Waals surface area contributed by atoms with Crippen molar-refractivity contribution in [1.82, 2.24) is 0 Å². The summed E-state index contributed by atoms with van der Waals surface area (Å²) in [6, 6.07) is 11.7. The van der Waals surface area contributed by atoms with Gasteiger partial charge >= 0.3 is 0 Å². The van der Waals surface area contributed by atoms with E-state index in [1.54, 1.807) is 42.5 Å². The second-order valence-corrected chi connectivity index (χ2v) is 8.34. The number of sulfonamides is 1. The Balaban J connectivity index is 1.83. The lowest BCUT2D eigenvalue weighted by Gasteiger charge is -2.29. The number of hydrogen-bond acceptors (Lipinski definition) is 4. The van der Waals surface area contributed by atoms with Gasteiger partial charge in [-0.25, -0.2) is 8.42 Å². The molecule has 0 radical (unpaired) electrons. The minimum atomic E-state index is -3.34. The number of carbonyl (C=O) groups excluding carboxylic acids is 1. The van der Waals surface area contributed by atoms with Gasteiger partial charge in [0.15, 0.2) is 0 Å². The third-order valence-electron chi connectivity index (χ3n) is 4.18. The van der Waals surface area contributed by atoms with Gasteiger partial charge in [0.2, 0.25) is 10.0 Å². The van der Waals surface area contributed by atoms with Crippen LogP contribution in [0.25, 0.3) is 0 Å². The SMILES string of the molecule is COc1ccccc1C(=O)Nc1ccc(N2CCCCS2(=O)=O)c(Cl)c1. The largest absolute Gasteiger partial charge is 0.496 e.